The van der Waals surface area contributed by atoms with Crippen LogP contribution in [0, 0.1) is 12.7 Å². The summed E-state index contributed by atoms with van der Waals surface area (Å²) in [7, 11) is 0. The lowest BCUT2D eigenvalue weighted by molar-refractivity contribution is 0.189. The topological polar surface area (TPSA) is 32.3 Å². The van der Waals surface area contributed by atoms with Crippen LogP contribution in [0.5, 0.6) is 0 Å². The molecule has 1 aromatic rings. The van der Waals surface area contributed by atoms with Gasteiger partial charge in [-0.25, -0.2) is 4.39 Å². The zero-order valence-corrected chi connectivity index (χ0v) is 8.55. The molecule has 0 amide bonds. The quantitative estimate of drug-likeness (QED) is 0.776. The highest BCUT2D eigenvalue weighted by Crippen LogP contribution is 2.15. The Kier molecular flexibility index (Phi) is 3.89. The van der Waals surface area contributed by atoms with Gasteiger partial charge in [0, 0.05) is 12.2 Å². The van der Waals surface area contributed by atoms with Crippen molar-refractivity contribution in [3.05, 3.63) is 29.6 Å². The molecule has 0 bridgehead atoms. The van der Waals surface area contributed by atoms with Crippen LogP contribution in [0.15, 0.2) is 18.2 Å². The van der Waals surface area contributed by atoms with E-state index in [1.165, 1.54) is 12.1 Å². The Morgan fingerprint density at radius 3 is 2.79 bits per heavy atom. The minimum absolute atomic E-state index is 0.219. The third-order valence-corrected chi connectivity index (χ3v) is 2.07. The molecule has 14 heavy (non-hydrogen) atoms. The summed E-state index contributed by atoms with van der Waals surface area (Å²) in [4.78, 5) is 0. The minimum atomic E-state index is -0.303. The smallest absolute Gasteiger partial charge is 0.123 e. The summed E-state index contributed by atoms with van der Waals surface area (Å²) in [6, 6.07) is 4.63. The lowest BCUT2D eigenvalue weighted by Gasteiger charge is -2.10. The molecule has 0 saturated heterocycles. The summed E-state index contributed by atoms with van der Waals surface area (Å²) in [5.74, 6) is -0.219. The zero-order chi connectivity index (χ0) is 10.6. The number of benzene rings is 1. The molecule has 0 fully saturated rings. The van der Waals surface area contributed by atoms with Gasteiger partial charge in [-0.15, -0.1) is 0 Å². The van der Waals surface area contributed by atoms with Gasteiger partial charge >= 0.3 is 0 Å². The predicted octanol–water partition coefficient (Wildman–Crippen LogP) is 2.32. The second-order valence-electron chi connectivity index (χ2n) is 3.52. The first kappa shape index (κ1) is 11.0. The minimum Gasteiger partial charge on any atom is -0.393 e. The summed E-state index contributed by atoms with van der Waals surface area (Å²) < 4.78 is 12.7. The largest absolute Gasteiger partial charge is 0.393 e. The maximum atomic E-state index is 12.7. The number of rotatable bonds is 4. The Morgan fingerprint density at radius 1 is 1.50 bits per heavy atom. The van der Waals surface area contributed by atoms with Crippen molar-refractivity contribution in [3.63, 3.8) is 0 Å². The molecule has 0 aliphatic rings. The lowest BCUT2D eigenvalue weighted by atomic mass is 10.2. The Balaban J connectivity index is 2.51. The Hall–Kier alpha value is -1.09. The molecular weight excluding hydrogens is 181 g/mol. The molecule has 0 aromatic heterocycles. The molecule has 0 heterocycles. The van der Waals surface area contributed by atoms with Crippen LogP contribution >= 0.6 is 0 Å². The van der Waals surface area contributed by atoms with E-state index >= 15 is 0 Å². The number of hydrogen-bond donors (Lipinski definition) is 2. The molecule has 1 rings (SSSR count). The van der Waals surface area contributed by atoms with E-state index in [9.17, 15) is 4.39 Å². The van der Waals surface area contributed by atoms with E-state index in [-0.39, 0.29) is 11.9 Å². The van der Waals surface area contributed by atoms with Crippen LogP contribution in [-0.4, -0.2) is 17.8 Å². The molecule has 1 unspecified atom stereocenters. The fourth-order valence-electron chi connectivity index (χ4n) is 1.24. The first-order valence-electron chi connectivity index (χ1n) is 4.77. The zero-order valence-electron chi connectivity index (χ0n) is 8.55. The molecule has 0 aliphatic carbocycles. The second kappa shape index (κ2) is 4.96. The Bertz CT molecular complexity index is 299. The van der Waals surface area contributed by atoms with E-state index < -0.39 is 0 Å². The van der Waals surface area contributed by atoms with Gasteiger partial charge in [-0.3, -0.25) is 0 Å². The second-order valence-corrected chi connectivity index (χ2v) is 3.52. The van der Waals surface area contributed by atoms with Crippen molar-refractivity contribution in [2.45, 2.75) is 26.4 Å². The van der Waals surface area contributed by atoms with Crippen molar-refractivity contribution in [1.29, 1.82) is 0 Å². The molecule has 78 valence electrons. The molecular formula is C11H16FNO. The maximum absolute atomic E-state index is 12.7. The van der Waals surface area contributed by atoms with Gasteiger partial charge in [0.25, 0.3) is 0 Å². The fraction of sp³-hybridized carbons (Fsp3) is 0.455. The molecule has 3 heteroatoms. The van der Waals surface area contributed by atoms with Crippen LogP contribution in [0.3, 0.4) is 0 Å². The average molecular weight is 197 g/mol. The predicted molar refractivity (Wildman–Crippen MR) is 55.9 cm³/mol. The highest BCUT2D eigenvalue weighted by atomic mass is 19.1. The third-order valence-electron chi connectivity index (χ3n) is 2.07. The fourth-order valence-corrected chi connectivity index (χ4v) is 1.24. The van der Waals surface area contributed by atoms with Gasteiger partial charge in [0.15, 0.2) is 0 Å². The first-order chi connectivity index (χ1) is 6.59. The van der Waals surface area contributed by atoms with E-state index in [4.69, 9.17) is 5.11 Å². The van der Waals surface area contributed by atoms with Gasteiger partial charge in [-0.2, -0.15) is 0 Å². The van der Waals surface area contributed by atoms with Crippen molar-refractivity contribution >= 4 is 5.69 Å². The van der Waals surface area contributed by atoms with Crippen molar-refractivity contribution in [2.75, 3.05) is 11.9 Å². The Morgan fingerprint density at radius 2 is 2.21 bits per heavy atom. The van der Waals surface area contributed by atoms with Crippen molar-refractivity contribution in [3.8, 4) is 0 Å². The maximum Gasteiger partial charge on any atom is 0.123 e. The molecule has 2 N–H and O–H groups in total. The number of nitrogens with one attached hydrogen (secondary N) is 1. The van der Waals surface area contributed by atoms with Gasteiger partial charge in [-0.05, 0) is 44.0 Å². The van der Waals surface area contributed by atoms with Crippen LogP contribution in [0.1, 0.15) is 18.9 Å². The third kappa shape index (κ3) is 3.34. The molecule has 2 nitrogen and oxygen atoms in total. The number of halogens is 1. The molecule has 0 saturated carbocycles. The average Bonchev–Trinajstić information content (AvgIpc) is 2.08. The van der Waals surface area contributed by atoms with Crippen molar-refractivity contribution in [1.82, 2.24) is 0 Å². The molecule has 1 aromatic carbocycles. The normalized spacial score (nSPS) is 12.6. The SMILES string of the molecule is Cc1cc(F)ccc1NCCC(C)O. The van der Waals surface area contributed by atoms with E-state index in [1.807, 2.05) is 6.92 Å². The van der Waals surface area contributed by atoms with Crippen LogP contribution in [0.2, 0.25) is 0 Å². The van der Waals surface area contributed by atoms with Gasteiger partial charge in [0.2, 0.25) is 0 Å². The van der Waals surface area contributed by atoms with E-state index in [0.29, 0.717) is 13.0 Å². The highest BCUT2D eigenvalue weighted by Gasteiger charge is 2.00. The van der Waals surface area contributed by atoms with Crippen LogP contribution in [0.4, 0.5) is 10.1 Å². The Labute approximate surface area is 83.8 Å². The standard InChI is InChI=1S/C11H16FNO/c1-8-7-10(12)3-4-11(8)13-6-5-9(2)14/h3-4,7,9,13-14H,5-6H2,1-2H3. The molecule has 0 spiro atoms. The highest BCUT2D eigenvalue weighted by molar-refractivity contribution is 5.50. The van der Waals surface area contributed by atoms with Crippen molar-refractivity contribution < 1.29 is 9.50 Å². The van der Waals surface area contributed by atoms with Crippen LogP contribution in [-0.2, 0) is 0 Å². The van der Waals surface area contributed by atoms with E-state index in [1.54, 1.807) is 13.0 Å². The lowest BCUT2D eigenvalue weighted by Crippen LogP contribution is -2.10. The van der Waals surface area contributed by atoms with Gasteiger partial charge in [-0.1, -0.05) is 0 Å². The summed E-state index contributed by atoms with van der Waals surface area (Å²) in [5.41, 5.74) is 1.81. The van der Waals surface area contributed by atoms with Gasteiger partial charge in [0.1, 0.15) is 5.82 Å². The molecule has 0 radical (unpaired) electrons. The summed E-state index contributed by atoms with van der Waals surface area (Å²) in [5, 5.41) is 12.2. The number of aliphatic hydroxyl groups is 1. The monoisotopic (exact) mass is 197 g/mol. The molecule has 1 atom stereocenters. The van der Waals surface area contributed by atoms with Crippen LogP contribution < -0.4 is 5.32 Å². The van der Waals surface area contributed by atoms with Crippen molar-refractivity contribution in [2.24, 2.45) is 0 Å². The number of anilines is 1. The summed E-state index contributed by atoms with van der Waals surface area (Å²) in [6.45, 7) is 4.30. The van der Waals surface area contributed by atoms with Gasteiger partial charge in [0.05, 0.1) is 6.10 Å². The first-order valence-corrected chi connectivity index (χ1v) is 4.77. The van der Waals surface area contributed by atoms with Crippen LogP contribution in [0.25, 0.3) is 0 Å². The number of aliphatic hydroxyl groups excluding tert-OH is 1. The summed E-state index contributed by atoms with van der Waals surface area (Å²) >= 11 is 0. The van der Waals surface area contributed by atoms with E-state index in [0.717, 1.165) is 11.3 Å². The van der Waals surface area contributed by atoms with Gasteiger partial charge < -0.3 is 10.4 Å². The number of aryl methyl sites for hydroxylation is 1. The number of hydrogen-bond acceptors (Lipinski definition) is 2. The molecule has 0 aliphatic heterocycles. The van der Waals surface area contributed by atoms with E-state index in [2.05, 4.69) is 5.32 Å². The summed E-state index contributed by atoms with van der Waals surface area (Å²) in [6.07, 6.45) is 0.389.